The number of aromatic nitrogens is 2. The van der Waals surface area contributed by atoms with Crippen molar-refractivity contribution in [1.82, 2.24) is 15.2 Å². The van der Waals surface area contributed by atoms with Crippen LogP contribution in [0.5, 0.6) is 0 Å². The molecule has 20 heavy (non-hydrogen) atoms. The molecular weight excluding hydrogens is 256 g/mol. The molecule has 0 aromatic carbocycles. The van der Waals surface area contributed by atoms with Crippen molar-refractivity contribution in [3.8, 4) is 0 Å². The first-order valence-electron chi connectivity index (χ1n) is 7.14. The Morgan fingerprint density at radius 2 is 2.15 bits per heavy atom. The molecule has 0 unspecified atom stereocenters. The predicted octanol–water partition coefficient (Wildman–Crippen LogP) is 0.846. The van der Waals surface area contributed by atoms with Gasteiger partial charge in [-0.2, -0.15) is 5.10 Å². The Kier molecular flexibility index (Phi) is 4.15. The Morgan fingerprint density at radius 3 is 2.70 bits per heavy atom. The summed E-state index contributed by atoms with van der Waals surface area (Å²) >= 11 is 0. The van der Waals surface area contributed by atoms with E-state index in [0.29, 0.717) is 6.54 Å². The summed E-state index contributed by atoms with van der Waals surface area (Å²) < 4.78 is 1.69. The number of nitrogens with zero attached hydrogens (tertiary/aromatic N) is 2. The summed E-state index contributed by atoms with van der Waals surface area (Å²) in [6.07, 6.45) is 8.37. The third kappa shape index (κ3) is 3.02. The van der Waals surface area contributed by atoms with Crippen molar-refractivity contribution in [1.29, 1.82) is 0 Å². The largest absolute Gasteiger partial charge is 0.389 e. The normalized spacial score (nSPS) is 18.8. The summed E-state index contributed by atoms with van der Waals surface area (Å²) in [5, 5.41) is 14.1. The second-order valence-corrected chi connectivity index (χ2v) is 6.36. The second-order valence-electron chi connectivity index (χ2n) is 6.36. The maximum atomic E-state index is 12.3. The Labute approximate surface area is 119 Å². The van der Waals surface area contributed by atoms with Crippen molar-refractivity contribution in [3.63, 3.8) is 0 Å². The average Bonchev–Trinajstić information content (AvgIpc) is 2.85. The van der Waals surface area contributed by atoms with Crippen LogP contribution in [-0.4, -0.2) is 26.4 Å². The van der Waals surface area contributed by atoms with E-state index in [1.165, 1.54) is 0 Å². The first-order valence-corrected chi connectivity index (χ1v) is 7.14. The van der Waals surface area contributed by atoms with Gasteiger partial charge in [0.05, 0.1) is 23.8 Å². The smallest absolute Gasteiger partial charge is 0.244 e. The lowest BCUT2D eigenvalue weighted by Gasteiger charge is -2.34. The molecule has 1 aromatic rings. The zero-order chi connectivity index (χ0) is 14.8. The fourth-order valence-corrected chi connectivity index (χ4v) is 3.03. The van der Waals surface area contributed by atoms with Crippen LogP contribution in [0.3, 0.4) is 0 Å². The molecule has 1 aromatic heterocycles. The van der Waals surface area contributed by atoms with Crippen LogP contribution in [0.4, 0.5) is 0 Å². The minimum atomic E-state index is -0.834. The Balaban J connectivity index is 2.28. The van der Waals surface area contributed by atoms with Crippen molar-refractivity contribution in [2.45, 2.75) is 63.5 Å². The second kappa shape index (κ2) is 5.54. The van der Waals surface area contributed by atoms with E-state index in [1.54, 1.807) is 24.7 Å². The van der Waals surface area contributed by atoms with Gasteiger partial charge in [0.25, 0.3) is 0 Å². The van der Waals surface area contributed by atoms with E-state index in [2.05, 4.69) is 10.5 Å². The van der Waals surface area contributed by atoms with Crippen molar-refractivity contribution >= 4 is 5.91 Å². The van der Waals surface area contributed by atoms with Gasteiger partial charge in [-0.15, -0.1) is 0 Å². The number of aliphatic hydroxyl groups is 1. The summed E-state index contributed by atoms with van der Waals surface area (Å²) in [6.45, 7) is 3.86. The third-order valence-corrected chi connectivity index (χ3v) is 4.01. The number of hydrogen-bond acceptors (Lipinski definition) is 4. The quantitative estimate of drug-likeness (QED) is 0.433. The molecule has 0 atom stereocenters. The van der Waals surface area contributed by atoms with Gasteiger partial charge in [0, 0.05) is 11.8 Å². The molecule has 6 nitrogen and oxygen atoms in total. The first kappa shape index (κ1) is 15.0. The lowest BCUT2D eigenvalue weighted by molar-refractivity contribution is -0.128. The van der Waals surface area contributed by atoms with E-state index >= 15 is 0 Å². The molecule has 1 amide bonds. The van der Waals surface area contributed by atoms with Crippen molar-refractivity contribution in [3.05, 3.63) is 18.0 Å². The number of hydrogen-bond donors (Lipinski definition) is 3. The lowest BCUT2D eigenvalue weighted by atomic mass is 9.70. The van der Waals surface area contributed by atoms with Gasteiger partial charge < -0.3 is 5.11 Å². The predicted molar refractivity (Wildman–Crippen MR) is 75.6 cm³/mol. The molecule has 112 valence electrons. The lowest BCUT2D eigenvalue weighted by Crippen LogP contribution is -2.48. The van der Waals surface area contributed by atoms with Crippen LogP contribution in [0.2, 0.25) is 0 Å². The van der Waals surface area contributed by atoms with E-state index in [0.717, 1.165) is 37.7 Å². The number of carbonyl (C=O) groups excluding carboxylic acids is 1. The van der Waals surface area contributed by atoms with Gasteiger partial charge in [-0.25, -0.2) is 5.84 Å². The number of carbonyl (C=O) groups is 1. The SMILES string of the molecule is CC(C)(O)Cn1cc(C2(C(=O)NN)CCCCC2)cn1. The molecular formula is C14H24N4O2. The monoisotopic (exact) mass is 280 g/mol. The summed E-state index contributed by atoms with van der Waals surface area (Å²) in [7, 11) is 0. The zero-order valence-electron chi connectivity index (χ0n) is 12.2. The van der Waals surface area contributed by atoms with E-state index in [9.17, 15) is 9.90 Å². The molecule has 6 heteroatoms. The average molecular weight is 280 g/mol. The maximum Gasteiger partial charge on any atom is 0.244 e. The van der Waals surface area contributed by atoms with Gasteiger partial charge >= 0.3 is 0 Å². The van der Waals surface area contributed by atoms with Crippen molar-refractivity contribution in [2.75, 3.05) is 0 Å². The van der Waals surface area contributed by atoms with Gasteiger partial charge in [-0.3, -0.25) is 14.9 Å². The summed E-state index contributed by atoms with van der Waals surface area (Å²) in [5.41, 5.74) is 1.80. The molecule has 0 bridgehead atoms. The molecule has 1 saturated carbocycles. The maximum absolute atomic E-state index is 12.3. The van der Waals surface area contributed by atoms with Crippen molar-refractivity contribution in [2.24, 2.45) is 5.84 Å². The van der Waals surface area contributed by atoms with Crippen LogP contribution in [0.15, 0.2) is 12.4 Å². The standard InChI is InChI=1S/C14H24N4O2/c1-13(2,20)10-18-9-11(8-16-18)14(12(19)17-15)6-4-3-5-7-14/h8-9,20H,3-7,10,15H2,1-2H3,(H,17,19). The van der Waals surface area contributed by atoms with Crippen LogP contribution >= 0.6 is 0 Å². The summed E-state index contributed by atoms with van der Waals surface area (Å²) in [4.78, 5) is 12.3. The molecule has 0 radical (unpaired) electrons. The third-order valence-electron chi connectivity index (χ3n) is 4.01. The number of nitrogens with one attached hydrogen (secondary N) is 1. The fourth-order valence-electron chi connectivity index (χ4n) is 3.03. The van der Waals surface area contributed by atoms with Crippen LogP contribution in [0.1, 0.15) is 51.5 Å². The Bertz CT molecular complexity index is 470. The molecule has 0 spiro atoms. The first-order chi connectivity index (χ1) is 9.37. The minimum Gasteiger partial charge on any atom is -0.389 e. The van der Waals surface area contributed by atoms with Gasteiger partial charge in [0.15, 0.2) is 0 Å². The molecule has 0 aliphatic heterocycles. The molecule has 0 saturated heterocycles. The van der Waals surface area contributed by atoms with Crippen molar-refractivity contribution < 1.29 is 9.90 Å². The Morgan fingerprint density at radius 1 is 1.50 bits per heavy atom. The highest BCUT2D eigenvalue weighted by molar-refractivity contribution is 5.87. The van der Waals surface area contributed by atoms with Crippen LogP contribution < -0.4 is 11.3 Å². The Hall–Kier alpha value is -1.40. The van der Waals surface area contributed by atoms with Crippen LogP contribution in [-0.2, 0) is 16.8 Å². The molecule has 4 N–H and O–H groups in total. The van der Waals surface area contributed by atoms with E-state index in [1.807, 2.05) is 6.20 Å². The highest BCUT2D eigenvalue weighted by Crippen LogP contribution is 2.39. The summed E-state index contributed by atoms with van der Waals surface area (Å²) in [5.74, 6) is 5.23. The number of hydrazine groups is 1. The van der Waals surface area contributed by atoms with E-state index in [4.69, 9.17) is 5.84 Å². The van der Waals surface area contributed by atoms with Gasteiger partial charge in [-0.1, -0.05) is 19.3 Å². The van der Waals surface area contributed by atoms with Gasteiger partial charge in [-0.05, 0) is 26.7 Å². The molecule has 1 aliphatic carbocycles. The van der Waals surface area contributed by atoms with Gasteiger partial charge in [0.2, 0.25) is 5.91 Å². The van der Waals surface area contributed by atoms with E-state index in [-0.39, 0.29) is 5.91 Å². The highest BCUT2D eigenvalue weighted by Gasteiger charge is 2.41. The molecule has 2 rings (SSSR count). The minimum absolute atomic E-state index is 0.139. The van der Waals surface area contributed by atoms with E-state index < -0.39 is 11.0 Å². The molecule has 1 heterocycles. The molecule has 1 fully saturated rings. The summed E-state index contributed by atoms with van der Waals surface area (Å²) in [6, 6.07) is 0. The van der Waals surface area contributed by atoms with Crippen LogP contribution in [0, 0.1) is 0 Å². The number of nitrogens with two attached hydrogens (primary N) is 1. The zero-order valence-corrected chi connectivity index (χ0v) is 12.2. The topological polar surface area (TPSA) is 93.2 Å². The van der Waals surface area contributed by atoms with Crippen LogP contribution in [0.25, 0.3) is 0 Å². The van der Waals surface area contributed by atoms with Gasteiger partial charge in [0.1, 0.15) is 0 Å². The number of amides is 1. The number of rotatable bonds is 4. The molecule has 1 aliphatic rings. The fraction of sp³-hybridized carbons (Fsp3) is 0.714. The highest BCUT2D eigenvalue weighted by atomic mass is 16.3.